The Balaban J connectivity index is 2.63. The largest absolute Gasteiger partial charge is 0.307 e. The Bertz CT molecular complexity index is 233. The number of carbonyl (C=O) groups is 1. The fourth-order valence-electron chi connectivity index (χ4n) is 2.99. The van der Waals surface area contributed by atoms with Gasteiger partial charge in [-0.3, -0.25) is 10.0 Å². The number of piperidine rings is 1. The topological polar surface area (TPSA) is 61.4 Å². The maximum absolute atomic E-state index is 11.1. The number of nitrogens with one attached hydrogen (secondary N) is 2. The van der Waals surface area contributed by atoms with Crippen LogP contribution in [-0.2, 0) is 4.79 Å². The van der Waals surface area contributed by atoms with E-state index in [1.165, 1.54) is 0 Å². The van der Waals surface area contributed by atoms with Gasteiger partial charge in [-0.25, -0.2) is 5.48 Å². The Hall–Kier alpha value is -0.610. The maximum Gasteiger partial charge on any atom is 0.243 e. The van der Waals surface area contributed by atoms with Gasteiger partial charge >= 0.3 is 0 Å². The van der Waals surface area contributed by atoms with E-state index in [9.17, 15) is 4.79 Å². The molecule has 0 spiro atoms. The summed E-state index contributed by atoms with van der Waals surface area (Å²) in [6.45, 7) is 8.60. The Morgan fingerprint density at radius 2 is 1.80 bits per heavy atom. The van der Waals surface area contributed by atoms with Crippen molar-refractivity contribution in [2.24, 2.45) is 5.92 Å². The predicted octanol–water partition coefficient (Wildman–Crippen LogP) is 1.44. The monoisotopic (exact) mass is 214 g/mol. The van der Waals surface area contributed by atoms with Crippen molar-refractivity contribution in [3.8, 4) is 0 Å². The molecule has 0 unspecified atom stereocenters. The summed E-state index contributed by atoms with van der Waals surface area (Å²) in [7, 11) is 0. The van der Waals surface area contributed by atoms with E-state index in [2.05, 4.69) is 33.0 Å². The Morgan fingerprint density at radius 1 is 1.33 bits per heavy atom. The first-order valence-corrected chi connectivity index (χ1v) is 5.46. The highest BCUT2D eigenvalue weighted by Gasteiger charge is 2.38. The molecule has 1 heterocycles. The van der Waals surface area contributed by atoms with Crippen molar-refractivity contribution >= 4 is 5.91 Å². The molecule has 0 aromatic rings. The van der Waals surface area contributed by atoms with E-state index in [0.717, 1.165) is 12.8 Å². The van der Waals surface area contributed by atoms with Crippen molar-refractivity contribution in [3.63, 3.8) is 0 Å². The van der Waals surface area contributed by atoms with E-state index >= 15 is 0 Å². The molecule has 0 bridgehead atoms. The van der Waals surface area contributed by atoms with Gasteiger partial charge in [-0.15, -0.1) is 0 Å². The first kappa shape index (κ1) is 12.5. The smallest absolute Gasteiger partial charge is 0.243 e. The van der Waals surface area contributed by atoms with E-state index < -0.39 is 0 Å². The zero-order valence-corrected chi connectivity index (χ0v) is 10.1. The SMILES string of the molecule is CC1(C)CC(CC(=O)NO)CC(C)(C)N1. The van der Waals surface area contributed by atoms with Crippen LogP contribution < -0.4 is 10.8 Å². The average molecular weight is 214 g/mol. The first-order valence-electron chi connectivity index (χ1n) is 5.46. The molecule has 1 rings (SSSR count). The highest BCUT2D eigenvalue weighted by molar-refractivity contribution is 5.74. The van der Waals surface area contributed by atoms with Crippen LogP contribution in [0.5, 0.6) is 0 Å². The molecule has 4 nitrogen and oxygen atoms in total. The summed E-state index contributed by atoms with van der Waals surface area (Å²) < 4.78 is 0. The van der Waals surface area contributed by atoms with Gasteiger partial charge in [-0.1, -0.05) is 0 Å². The van der Waals surface area contributed by atoms with Crippen molar-refractivity contribution in [1.29, 1.82) is 0 Å². The van der Waals surface area contributed by atoms with Gasteiger partial charge in [0.1, 0.15) is 0 Å². The Labute approximate surface area is 91.4 Å². The van der Waals surface area contributed by atoms with Crippen molar-refractivity contribution in [2.75, 3.05) is 0 Å². The van der Waals surface area contributed by atoms with Crippen LogP contribution in [0.15, 0.2) is 0 Å². The van der Waals surface area contributed by atoms with Gasteiger partial charge in [-0.05, 0) is 46.5 Å². The summed E-state index contributed by atoms with van der Waals surface area (Å²) in [4.78, 5) is 11.1. The third-order valence-electron chi connectivity index (χ3n) is 2.87. The van der Waals surface area contributed by atoms with Crippen LogP contribution in [-0.4, -0.2) is 22.2 Å². The van der Waals surface area contributed by atoms with Crippen LogP contribution in [0.2, 0.25) is 0 Å². The number of hydrogen-bond donors (Lipinski definition) is 3. The lowest BCUT2D eigenvalue weighted by atomic mass is 9.74. The van der Waals surface area contributed by atoms with Gasteiger partial charge in [0.25, 0.3) is 0 Å². The van der Waals surface area contributed by atoms with E-state index in [4.69, 9.17) is 5.21 Å². The third-order valence-corrected chi connectivity index (χ3v) is 2.87. The zero-order valence-electron chi connectivity index (χ0n) is 10.1. The molecule has 3 N–H and O–H groups in total. The second-order valence-electron chi connectivity index (χ2n) is 5.91. The second-order valence-corrected chi connectivity index (χ2v) is 5.91. The molecule has 1 saturated heterocycles. The van der Waals surface area contributed by atoms with Gasteiger partial charge in [-0.2, -0.15) is 0 Å². The fraction of sp³-hybridized carbons (Fsp3) is 0.909. The van der Waals surface area contributed by atoms with Gasteiger partial charge in [0.15, 0.2) is 0 Å². The molecule has 15 heavy (non-hydrogen) atoms. The number of hydrogen-bond acceptors (Lipinski definition) is 3. The highest BCUT2D eigenvalue weighted by Crippen LogP contribution is 2.34. The molecule has 1 fully saturated rings. The summed E-state index contributed by atoms with van der Waals surface area (Å²) >= 11 is 0. The molecule has 0 radical (unpaired) electrons. The zero-order chi connectivity index (χ0) is 11.7. The number of carbonyl (C=O) groups excluding carboxylic acids is 1. The summed E-state index contributed by atoms with van der Waals surface area (Å²) in [6.07, 6.45) is 2.33. The summed E-state index contributed by atoms with van der Waals surface area (Å²) in [6, 6.07) is 0. The average Bonchev–Trinajstić information content (AvgIpc) is 1.97. The van der Waals surface area contributed by atoms with Gasteiger partial charge in [0.05, 0.1) is 0 Å². The molecule has 0 aliphatic carbocycles. The van der Waals surface area contributed by atoms with E-state index in [-0.39, 0.29) is 17.0 Å². The normalized spacial score (nSPS) is 24.9. The molecular formula is C11H22N2O2. The molecule has 4 heteroatoms. The maximum atomic E-state index is 11.1. The van der Waals surface area contributed by atoms with Crippen LogP contribution in [0.3, 0.4) is 0 Å². The molecule has 0 saturated carbocycles. The Morgan fingerprint density at radius 3 is 2.20 bits per heavy atom. The number of amides is 1. The van der Waals surface area contributed by atoms with Crippen LogP contribution in [0.4, 0.5) is 0 Å². The minimum Gasteiger partial charge on any atom is -0.307 e. The molecule has 1 aliphatic rings. The van der Waals surface area contributed by atoms with Crippen LogP contribution in [0.25, 0.3) is 0 Å². The van der Waals surface area contributed by atoms with E-state index in [1.54, 1.807) is 5.48 Å². The lowest BCUT2D eigenvalue weighted by Crippen LogP contribution is -2.58. The summed E-state index contributed by atoms with van der Waals surface area (Å²) in [5, 5.41) is 12.1. The van der Waals surface area contributed by atoms with Crippen molar-refractivity contribution < 1.29 is 10.0 Å². The molecule has 1 amide bonds. The minimum atomic E-state index is -0.284. The fourth-order valence-corrected chi connectivity index (χ4v) is 2.99. The molecule has 1 aliphatic heterocycles. The second kappa shape index (κ2) is 4.10. The number of rotatable bonds is 2. The van der Waals surface area contributed by atoms with Crippen LogP contribution in [0.1, 0.15) is 47.0 Å². The Kier molecular flexibility index (Phi) is 3.41. The molecule has 0 atom stereocenters. The standard InChI is InChI=1S/C11H22N2O2/c1-10(2)6-8(5-9(14)12-15)7-11(3,4)13-10/h8,13,15H,5-7H2,1-4H3,(H,12,14). The molecule has 0 aromatic carbocycles. The van der Waals surface area contributed by atoms with Crippen LogP contribution in [0, 0.1) is 5.92 Å². The van der Waals surface area contributed by atoms with E-state index in [0.29, 0.717) is 12.3 Å². The molecular weight excluding hydrogens is 192 g/mol. The van der Waals surface area contributed by atoms with Crippen molar-refractivity contribution in [1.82, 2.24) is 10.8 Å². The quantitative estimate of drug-likeness (QED) is 0.481. The lowest BCUT2D eigenvalue weighted by Gasteiger charge is -2.46. The minimum absolute atomic E-state index is 0.0577. The van der Waals surface area contributed by atoms with Gasteiger partial charge in [0, 0.05) is 17.5 Å². The van der Waals surface area contributed by atoms with E-state index in [1.807, 2.05) is 0 Å². The van der Waals surface area contributed by atoms with Gasteiger partial charge in [0.2, 0.25) is 5.91 Å². The highest BCUT2D eigenvalue weighted by atomic mass is 16.5. The van der Waals surface area contributed by atoms with Crippen molar-refractivity contribution in [2.45, 2.75) is 58.0 Å². The first-order chi connectivity index (χ1) is 6.74. The third kappa shape index (κ3) is 3.80. The summed E-state index contributed by atoms with van der Waals surface area (Å²) in [5.74, 6) is 0.0527. The lowest BCUT2D eigenvalue weighted by molar-refractivity contribution is -0.130. The number of hydroxylamine groups is 1. The summed E-state index contributed by atoms with van der Waals surface area (Å²) in [5.41, 5.74) is 1.82. The van der Waals surface area contributed by atoms with Crippen molar-refractivity contribution in [3.05, 3.63) is 0 Å². The van der Waals surface area contributed by atoms with Gasteiger partial charge < -0.3 is 5.32 Å². The molecule has 88 valence electrons. The predicted molar refractivity (Wildman–Crippen MR) is 58.6 cm³/mol. The van der Waals surface area contributed by atoms with Crippen LogP contribution >= 0.6 is 0 Å². The molecule has 0 aromatic heterocycles.